The first-order valence-electron chi connectivity index (χ1n) is 9.33. The predicted molar refractivity (Wildman–Crippen MR) is 101 cm³/mol. The number of hydrogen-bond acceptors (Lipinski definition) is 4. The minimum Gasteiger partial charge on any atom is -0.484 e. The fraction of sp³-hybridized carbons (Fsp3) is 0.450. The summed E-state index contributed by atoms with van der Waals surface area (Å²) >= 11 is 0. The molecule has 1 fully saturated rings. The molecule has 0 radical (unpaired) electrons. The number of rotatable bonds is 6. The molecule has 0 bridgehead atoms. The summed E-state index contributed by atoms with van der Waals surface area (Å²) in [7, 11) is 1.84. The van der Waals surface area contributed by atoms with Gasteiger partial charge in [-0.3, -0.25) is 14.3 Å². The largest absolute Gasteiger partial charge is 0.484 e. The van der Waals surface area contributed by atoms with Crippen molar-refractivity contribution in [3.8, 4) is 5.75 Å². The lowest BCUT2D eigenvalue weighted by molar-refractivity contribution is -0.134. The predicted octanol–water partition coefficient (Wildman–Crippen LogP) is 2.30. The maximum Gasteiger partial charge on any atom is 0.260 e. The molecule has 27 heavy (non-hydrogen) atoms. The number of carbonyl (C=O) groups is 2. The Bertz CT molecular complexity index is 796. The van der Waals surface area contributed by atoms with E-state index in [0.29, 0.717) is 11.3 Å². The lowest BCUT2D eigenvalue weighted by Gasteiger charge is -2.26. The van der Waals surface area contributed by atoms with E-state index in [1.54, 1.807) is 35.1 Å². The number of aromatic nitrogens is 2. The molecule has 1 aromatic carbocycles. The van der Waals surface area contributed by atoms with E-state index in [-0.39, 0.29) is 24.5 Å². The first-order chi connectivity index (χ1) is 13.0. The van der Waals surface area contributed by atoms with Gasteiger partial charge in [0.05, 0.1) is 12.2 Å². The summed E-state index contributed by atoms with van der Waals surface area (Å²) in [6.07, 6.45) is 6.89. The molecule has 1 saturated heterocycles. The second kappa shape index (κ2) is 8.70. The molecule has 0 saturated carbocycles. The van der Waals surface area contributed by atoms with Gasteiger partial charge in [-0.25, -0.2) is 0 Å². The molecule has 0 aliphatic carbocycles. The summed E-state index contributed by atoms with van der Waals surface area (Å²) in [6.45, 7) is 3.51. The van der Waals surface area contributed by atoms with Crippen LogP contribution in [0.25, 0.3) is 0 Å². The molecule has 144 valence electrons. The van der Waals surface area contributed by atoms with Crippen molar-refractivity contribution in [2.75, 3.05) is 19.7 Å². The molecular formula is C20H26N4O3. The third-order valence-corrected chi connectivity index (χ3v) is 4.74. The Morgan fingerprint density at radius 2 is 2.04 bits per heavy atom. The van der Waals surface area contributed by atoms with Crippen molar-refractivity contribution in [1.82, 2.24) is 20.0 Å². The Morgan fingerprint density at radius 1 is 1.26 bits per heavy atom. The van der Waals surface area contributed by atoms with Crippen LogP contribution in [0.15, 0.2) is 36.7 Å². The van der Waals surface area contributed by atoms with Gasteiger partial charge in [0.2, 0.25) is 0 Å². The van der Waals surface area contributed by atoms with E-state index in [4.69, 9.17) is 4.74 Å². The summed E-state index contributed by atoms with van der Waals surface area (Å²) in [5.74, 6) is 0.316. The molecule has 1 unspecified atom stereocenters. The summed E-state index contributed by atoms with van der Waals surface area (Å²) in [5.41, 5.74) is 1.43. The second-order valence-electron chi connectivity index (χ2n) is 6.90. The molecule has 7 heteroatoms. The normalized spacial score (nSPS) is 15.3. The van der Waals surface area contributed by atoms with Gasteiger partial charge in [0.1, 0.15) is 5.75 Å². The SMILES string of the molecule is CC(NC(=O)c1cccc(OCC(=O)N2CCCCC2)c1)c1cnn(C)c1. The van der Waals surface area contributed by atoms with Gasteiger partial charge < -0.3 is 15.0 Å². The van der Waals surface area contributed by atoms with Crippen LogP contribution in [0.2, 0.25) is 0 Å². The van der Waals surface area contributed by atoms with Crippen LogP contribution in [0.1, 0.15) is 48.1 Å². The van der Waals surface area contributed by atoms with Gasteiger partial charge in [-0.15, -0.1) is 0 Å². The Kier molecular flexibility index (Phi) is 6.11. The van der Waals surface area contributed by atoms with Crippen LogP contribution < -0.4 is 10.1 Å². The fourth-order valence-electron chi connectivity index (χ4n) is 3.13. The quantitative estimate of drug-likeness (QED) is 0.847. The number of amides is 2. The van der Waals surface area contributed by atoms with Crippen molar-refractivity contribution in [1.29, 1.82) is 0 Å². The van der Waals surface area contributed by atoms with Gasteiger partial charge in [-0.2, -0.15) is 5.10 Å². The zero-order chi connectivity index (χ0) is 19.2. The van der Waals surface area contributed by atoms with Gasteiger partial charge in [0.15, 0.2) is 6.61 Å². The average molecular weight is 370 g/mol. The molecule has 1 aliphatic rings. The highest BCUT2D eigenvalue weighted by molar-refractivity contribution is 5.94. The van der Waals surface area contributed by atoms with Gasteiger partial charge in [0.25, 0.3) is 11.8 Å². The number of likely N-dealkylation sites (tertiary alicyclic amines) is 1. The topological polar surface area (TPSA) is 76.5 Å². The first-order valence-corrected chi connectivity index (χ1v) is 9.33. The van der Waals surface area contributed by atoms with Crippen LogP contribution in [0.3, 0.4) is 0 Å². The number of ether oxygens (including phenoxy) is 1. The smallest absolute Gasteiger partial charge is 0.260 e. The Morgan fingerprint density at radius 3 is 2.74 bits per heavy atom. The summed E-state index contributed by atoms with van der Waals surface area (Å²) in [5, 5.41) is 7.07. The molecule has 3 rings (SSSR count). The van der Waals surface area contributed by atoms with E-state index in [1.165, 1.54) is 6.42 Å². The van der Waals surface area contributed by atoms with Crippen molar-refractivity contribution >= 4 is 11.8 Å². The number of aryl methyl sites for hydroxylation is 1. The highest BCUT2D eigenvalue weighted by Gasteiger charge is 2.17. The highest BCUT2D eigenvalue weighted by Crippen LogP contribution is 2.16. The standard InChI is InChI=1S/C20H26N4O3/c1-15(17-12-21-23(2)13-17)22-20(26)16-7-6-8-18(11-16)27-14-19(25)24-9-4-3-5-10-24/h6-8,11-13,15H,3-5,9-10,14H2,1-2H3,(H,22,26). The fourth-order valence-corrected chi connectivity index (χ4v) is 3.13. The zero-order valence-electron chi connectivity index (χ0n) is 15.9. The third-order valence-electron chi connectivity index (χ3n) is 4.74. The summed E-state index contributed by atoms with van der Waals surface area (Å²) in [6, 6.07) is 6.74. The molecule has 1 aromatic heterocycles. The monoisotopic (exact) mass is 370 g/mol. The van der Waals surface area contributed by atoms with Gasteiger partial charge in [-0.1, -0.05) is 6.07 Å². The van der Waals surface area contributed by atoms with Crippen LogP contribution >= 0.6 is 0 Å². The molecule has 0 spiro atoms. The van der Waals surface area contributed by atoms with Crippen LogP contribution in [0.5, 0.6) is 5.75 Å². The van der Waals surface area contributed by atoms with E-state index in [9.17, 15) is 9.59 Å². The zero-order valence-corrected chi connectivity index (χ0v) is 15.9. The third kappa shape index (κ3) is 5.09. The van der Waals surface area contributed by atoms with E-state index >= 15 is 0 Å². The van der Waals surface area contributed by atoms with Crippen molar-refractivity contribution in [3.63, 3.8) is 0 Å². The first kappa shape index (κ1) is 18.9. The van der Waals surface area contributed by atoms with Crippen LogP contribution in [0.4, 0.5) is 0 Å². The van der Waals surface area contributed by atoms with Gasteiger partial charge >= 0.3 is 0 Å². The van der Waals surface area contributed by atoms with E-state index in [0.717, 1.165) is 31.5 Å². The van der Waals surface area contributed by atoms with Crippen molar-refractivity contribution in [2.45, 2.75) is 32.2 Å². The number of piperidine rings is 1. The number of carbonyl (C=O) groups excluding carboxylic acids is 2. The molecule has 1 atom stereocenters. The summed E-state index contributed by atoms with van der Waals surface area (Å²) in [4.78, 5) is 26.6. The number of benzene rings is 1. The Hall–Kier alpha value is -2.83. The van der Waals surface area contributed by atoms with Gasteiger partial charge in [0, 0.05) is 37.5 Å². The lowest BCUT2D eigenvalue weighted by Crippen LogP contribution is -2.38. The Labute approximate surface area is 159 Å². The second-order valence-corrected chi connectivity index (χ2v) is 6.90. The molecule has 1 aliphatic heterocycles. The van der Waals surface area contributed by atoms with Crippen LogP contribution in [-0.2, 0) is 11.8 Å². The lowest BCUT2D eigenvalue weighted by atomic mass is 10.1. The van der Waals surface area contributed by atoms with Crippen LogP contribution in [0, 0.1) is 0 Å². The van der Waals surface area contributed by atoms with Crippen molar-refractivity contribution in [3.05, 3.63) is 47.8 Å². The molecule has 7 nitrogen and oxygen atoms in total. The number of nitrogens with zero attached hydrogens (tertiary/aromatic N) is 3. The van der Waals surface area contributed by atoms with Crippen LogP contribution in [-0.4, -0.2) is 46.2 Å². The molecular weight excluding hydrogens is 344 g/mol. The maximum atomic E-state index is 12.5. The number of hydrogen-bond donors (Lipinski definition) is 1. The van der Waals surface area contributed by atoms with E-state index < -0.39 is 0 Å². The van der Waals surface area contributed by atoms with Crippen molar-refractivity contribution in [2.24, 2.45) is 7.05 Å². The average Bonchev–Trinajstić information content (AvgIpc) is 3.13. The minimum absolute atomic E-state index is 0.00282. The molecule has 1 N–H and O–H groups in total. The molecule has 2 aromatic rings. The summed E-state index contributed by atoms with van der Waals surface area (Å²) < 4.78 is 7.32. The molecule has 2 heterocycles. The van der Waals surface area contributed by atoms with E-state index in [2.05, 4.69) is 10.4 Å². The highest BCUT2D eigenvalue weighted by atomic mass is 16.5. The molecule has 2 amide bonds. The maximum absolute atomic E-state index is 12.5. The van der Waals surface area contributed by atoms with Gasteiger partial charge in [-0.05, 0) is 44.4 Å². The minimum atomic E-state index is -0.195. The van der Waals surface area contributed by atoms with E-state index in [1.807, 2.05) is 25.1 Å². The van der Waals surface area contributed by atoms with Crippen molar-refractivity contribution < 1.29 is 14.3 Å². The number of nitrogens with one attached hydrogen (secondary N) is 1. The Balaban J connectivity index is 1.56.